The quantitative estimate of drug-likeness (QED) is 0.419. The minimum Gasteiger partial charge on any atom is -0.376 e. The molecule has 0 aliphatic carbocycles. The van der Waals surface area contributed by atoms with Gasteiger partial charge < -0.3 is 14.6 Å². The summed E-state index contributed by atoms with van der Waals surface area (Å²) in [4.78, 5) is 21.3. The van der Waals surface area contributed by atoms with Crippen molar-refractivity contribution in [3.8, 4) is 0 Å². The molecule has 2 aliphatic rings. The van der Waals surface area contributed by atoms with Crippen molar-refractivity contribution < 1.29 is 9.13 Å². The molecule has 2 aliphatic heterocycles. The molecular weight excluding hydrogens is 485 g/mol. The van der Waals surface area contributed by atoms with Gasteiger partial charge in [0, 0.05) is 49.4 Å². The third-order valence-electron chi connectivity index (χ3n) is 7.84. The van der Waals surface area contributed by atoms with Gasteiger partial charge in [0.25, 0.3) is 5.56 Å². The van der Waals surface area contributed by atoms with Gasteiger partial charge in [-0.15, -0.1) is 5.10 Å². The standard InChI is InChI=1S/C28H32FN7O2/c1-18-5-6-19(2)25-23(18)16-24(28(37)30-25)26(27-31-32-33-36(27)17-22-4-3-15-38-22)35-13-11-34(12-14-35)21-9-7-20(29)8-10-21/h5-10,16,22,26H,3-4,11-15,17H2,1-2H3,(H,30,37)/t22-,26-/m1/s1. The highest BCUT2D eigenvalue weighted by Gasteiger charge is 2.33. The van der Waals surface area contributed by atoms with Crippen LogP contribution in [0.4, 0.5) is 10.1 Å². The van der Waals surface area contributed by atoms with Crippen LogP contribution in [0.2, 0.25) is 0 Å². The molecule has 2 aromatic heterocycles. The number of aromatic nitrogens is 5. The lowest BCUT2D eigenvalue weighted by Crippen LogP contribution is -2.49. The van der Waals surface area contributed by atoms with Crippen molar-refractivity contribution >= 4 is 16.6 Å². The molecule has 2 aromatic carbocycles. The minimum absolute atomic E-state index is 0.0630. The fraction of sp³-hybridized carbons (Fsp3) is 0.429. The summed E-state index contributed by atoms with van der Waals surface area (Å²) in [5, 5.41) is 13.8. The van der Waals surface area contributed by atoms with E-state index in [1.54, 1.807) is 4.68 Å². The predicted molar refractivity (Wildman–Crippen MR) is 143 cm³/mol. The number of aryl methyl sites for hydroxylation is 2. The number of hydrogen-bond acceptors (Lipinski definition) is 7. The average molecular weight is 518 g/mol. The van der Waals surface area contributed by atoms with E-state index in [2.05, 4.69) is 43.3 Å². The van der Waals surface area contributed by atoms with Crippen molar-refractivity contribution in [2.24, 2.45) is 0 Å². The predicted octanol–water partition coefficient (Wildman–Crippen LogP) is 3.36. The zero-order chi connectivity index (χ0) is 26.2. The largest absolute Gasteiger partial charge is 0.376 e. The van der Waals surface area contributed by atoms with Gasteiger partial charge in [0.2, 0.25) is 0 Å². The maximum atomic E-state index is 13.6. The molecule has 2 fully saturated rings. The maximum Gasteiger partial charge on any atom is 0.253 e. The number of H-pyrrole nitrogens is 1. The SMILES string of the molecule is Cc1ccc(C)c2[nH]c(=O)c([C@H](c3nnnn3C[C@H]3CCCO3)N3CCN(c4ccc(F)cc4)CC3)cc12. The van der Waals surface area contributed by atoms with Crippen molar-refractivity contribution in [1.82, 2.24) is 30.1 Å². The van der Waals surface area contributed by atoms with E-state index >= 15 is 0 Å². The van der Waals surface area contributed by atoms with Crippen LogP contribution >= 0.6 is 0 Å². The molecule has 38 heavy (non-hydrogen) atoms. The molecule has 4 aromatic rings. The van der Waals surface area contributed by atoms with Crippen LogP contribution < -0.4 is 10.5 Å². The van der Waals surface area contributed by atoms with Crippen LogP contribution in [0, 0.1) is 19.7 Å². The van der Waals surface area contributed by atoms with Crippen molar-refractivity contribution in [2.45, 2.75) is 45.4 Å². The molecule has 0 radical (unpaired) electrons. The van der Waals surface area contributed by atoms with Crippen LogP contribution in [0.25, 0.3) is 10.9 Å². The molecule has 9 nitrogen and oxygen atoms in total. The first-order valence-corrected chi connectivity index (χ1v) is 13.2. The van der Waals surface area contributed by atoms with Crippen LogP contribution in [0.15, 0.2) is 47.3 Å². The van der Waals surface area contributed by atoms with E-state index in [0.29, 0.717) is 31.0 Å². The normalized spacial score (nSPS) is 19.3. The van der Waals surface area contributed by atoms with E-state index in [0.717, 1.165) is 60.3 Å². The number of aromatic amines is 1. The fourth-order valence-electron chi connectivity index (χ4n) is 5.70. The number of pyridine rings is 1. The Morgan fingerprint density at radius 1 is 1.08 bits per heavy atom. The lowest BCUT2D eigenvalue weighted by atomic mass is 9.99. The number of benzene rings is 2. The van der Waals surface area contributed by atoms with E-state index in [4.69, 9.17) is 4.74 Å². The lowest BCUT2D eigenvalue weighted by molar-refractivity contribution is 0.0906. The summed E-state index contributed by atoms with van der Waals surface area (Å²) in [5.41, 5.74) is 4.47. The Hall–Kier alpha value is -3.63. The van der Waals surface area contributed by atoms with Gasteiger partial charge >= 0.3 is 0 Å². The van der Waals surface area contributed by atoms with Gasteiger partial charge in [-0.1, -0.05) is 12.1 Å². The molecule has 6 rings (SSSR count). The van der Waals surface area contributed by atoms with Crippen LogP contribution in [-0.4, -0.2) is 69.0 Å². The zero-order valence-electron chi connectivity index (χ0n) is 21.7. The van der Waals surface area contributed by atoms with Crippen LogP contribution in [0.5, 0.6) is 0 Å². The maximum absolute atomic E-state index is 13.6. The van der Waals surface area contributed by atoms with Crippen molar-refractivity contribution in [3.05, 3.63) is 81.2 Å². The Balaban J connectivity index is 1.38. The van der Waals surface area contributed by atoms with Crippen LogP contribution in [0.3, 0.4) is 0 Å². The molecular formula is C28H32FN7O2. The van der Waals surface area contributed by atoms with Gasteiger partial charge in [0.05, 0.1) is 18.2 Å². The van der Waals surface area contributed by atoms with Gasteiger partial charge in [-0.05, 0) is 78.6 Å². The number of hydrogen-bond donors (Lipinski definition) is 1. The molecule has 10 heteroatoms. The van der Waals surface area contributed by atoms with E-state index in [9.17, 15) is 9.18 Å². The molecule has 0 saturated carbocycles. The second-order valence-corrected chi connectivity index (χ2v) is 10.3. The molecule has 2 atom stereocenters. The first-order chi connectivity index (χ1) is 18.5. The third-order valence-corrected chi connectivity index (χ3v) is 7.84. The molecule has 2 saturated heterocycles. The average Bonchev–Trinajstić information content (AvgIpc) is 3.61. The summed E-state index contributed by atoms with van der Waals surface area (Å²) in [7, 11) is 0. The lowest BCUT2D eigenvalue weighted by Gasteiger charge is -2.39. The first kappa shape index (κ1) is 24.7. The second-order valence-electron chi connectivity index (χ2n) is 10.3. The number of tetrazole rings is 1. The summed E-state index contributed by atoms with van der Waals surface area (Å²) in [6.45, 7) is 8.22. The molecule has 0 amide bonds. The smallest absolute Gasteiger partial charge is 0.253 e. The summed E-state index contributed by atoms with van der Waals surface area (Å²) in [5.74, 6) is 0.400. The topological polar surface area (TPSA) is 92.2 Å². The Labute approximate surface area is 220 Å². The van der Waals surface area contributed by atoms with E-state index in [1.165, 1.54) is 12.1 Å². The molecule has 198 valence electrons. The van der Waals surface area contributed by atoms with E-state index < -0.39 is 6.04 Å². The van der Waals surface area contributed by atoms with Gasteiger partial charge in [-0.3, -0.25) is 9.69 Å². The summed E-state index contributed by atoms with van der Waals surface area (Å²) >= 11 is 0. The van der Waals surface area contributed by atoms with Crippen molar-refractivity contribution in [3.63, 3.8) is 0 Å². The van der Waals surface area contributed by atoms with Gasteiger partial charge in [-0.25, -0.2) is 9.07 Å². The number of rotatable bonds is 6. The van der Waals surface area contributed by atoms with Gasteiger partial charge in [-0.2, -0.15) is 0 Å². The third kappa shape index (κ3) is 4.69. The Bertz CT molecular complexity index is 1490. The highest BCUT2D eigenvalue weighted by Crippen LogP contribution is 2.30. The molecule has 0 unspecified atom stereocenters. The van der Waals surface area contributed by atoms with Gasteiger partial charge in [0.15, 0.2) is 5.82 Å². The molecule has 1 N–H and O–H groups in total. The van der Waals surface area contributed by atoms with Crippen LogP contribution in [-0.2, 0) is 11.3 Å². The number of halogens is 1. The summed E-state index contributed by atoms with van der Waals surface area (Å²) < 4.78 is 21.1. The number of anilines is 1. The highest BCUT2D eigenvalue weighted by atomic mass is 19.1. The fourth-order valence-corrected chi connectivity index (χ4v) is 5.70. The monoisotopic (exact) mass is 517 g/mol. The van der Waals surface area contributed by atoms with Crippen molar-refractivity contribution in [1.29, 1.82) is 0 Å². The summed E-state index contributed by atoms with van der Waals surface area (Å²) in [6.07, 6.45) is 2.06. The first-order valence-electron chi connectivity index (χ1n) is 13.2. The minimum atomic E-state index is -0.421. The number of fused-ring (bicyclic) bond motifs is 1. The summed E-state index contributed by atoms with van der Waals surface area (Å²) in [6, 6.07) is 12.3. The highest BCUT2D eigenvalue weighted by molar-refractivity contribution is 5.85. The molecule has 0 spiro atoms. The van der Waals surface area contributed by atoms with E-state index in [-0.39, 0.29) is 17.5 Å². The number of nitrogens with one attached hydrogen (secondary N) is 1. The van der Waals surface area contributed by atoms with Crippen LogP contribution in [0.1, 0.15) is 41.4 Å². The Morgan fingerprint density at radius 2 is 1.84 bits per heavy atom. The van der Waals surface area contributed by atoms with Gasteiger partial charge in [0.1, 0.15) is 11.9 Å². The molecule has 4 heterocycles. The second kappa shape index (κ2) is 10.3. The van der Waals surface area contributed by atoms with E-state index in [1.807, 2.05) is 31.2 Å². The number of ether oxygens (including phenoxy) is 1. The number of nitrogens with zero attached hydrogens (tertiary/aromatic N) is 6. The Morgan fingerprint density at radius 3 is 2.58 bits per heavy atom. The Kier molecular flexibility index (Phi) is 6.67. The van der Waals surface area contributed by atoms with Crippen molar-refractivity contribution in [2.75, 3.05) is 37.7 Å². The number of piperazine rings is 1. The zero-order valence-corrected chi connectivity index (χ0v) is 21.7. The molecule has 0 bridgehead atoms.